The van der Waals surface area contributed by atoms with Crippen molar-refractivity contribution in [2.45, 2.75) is 13.0 Å². The van der Waals surface area contributed by atoms with Crippen LogP contribution in [-0.4, -0.2) is 24.5 Å². The van der Waals surface area contributed by atoms with Gasteiger partial charge in [0.2, 0.25) is 0 Å². The van der Waals surface area contributed by atoms with Crippen molar-refractivity contribution in [1.29, 1.82) is 0 Å². The Morgan fingerprint density at radius 3 is 2.32 bits per heavy atom. The van der Waals surface area contributed by atoms with Crippen LogP contribution in [0.2, 0.25) is 10.0 Å². The Kier molecular flexibility index (Phi) is 7.04. The summed E-state index contributed by atoms with van der Waals surface area (Å²) < 4.78 is 51.3. The van der Waals surface area contributed by atoms with E-state index in [-0.39, 0.29) is 17.9 Å². The highest BCUT2D eigenvalue weighted by Crippen LogP contribution is 2.40. The molecule has 5 nitrogen and oxygen atoms in total. The van der Waals surface area contributed by atoms with Gasteiger partial charge < -0.3 is 19.3 Å². The molecule has 1 N–H and O–H groups in total. The minimum absolute atomic E-state index is 0.0759. The minimum Gasteiger partial charge on any atom is -0.503 e. The lowest BCUT2D eigenvalue weighted by Gasteiger charge is -2.15. The molecule has 150 valence electrons. The highest BCUT2D eigenvalue weighted by atomic mass is 35.5. The average Bonchev–Trinajstić information content (AvgIpc) is 2.60. The summed E-state index contributed by atoms with van der Waals surface area (Å²) in [6.45, 7) is -0.101. The molecule has 2 rings (SSSR count). The second-order valence-electron chi connectivity index (χ2n) is 5.28. The molecule has 2 aromatic rings. The largest absolute Gasteiger partial charge is 0.573 e. The van der Waals surface area contributed by atoms with Gasteiger partial charge in [-0.3, -0.25) is 0 Å². The van der Waals surface area contributed by atoms with Gasteiger partial charge in [-0.1, -0.05) is 47.5 Å². The third kappa shape index (κ3) is 5.71. The molecule has 0 saturated heterocycles. The van der Waals surface area contributed by atoms with Crippen LogP contribution in [0.5, 0.6) is 11.5 Å². The number of rotatable bonds is 7. The number of carbonyl (C=O) groups is 1. The fraction of sp³-hybridized carbons (Fsp3) is 0.167. The van der Waals surface area contributed by atoms with Gasteiger partial charge in [0.05, 0.1) is 23.4 Å². The lowest BCUT2D eigenvalue weighted by molar-refractivity contribution is -0.274. The Morgan fingerprint density at radius 2 is 1.79 bits per heavy atom. The number of benzene rings is 2. The number of methoxy groups -OCH3 is 1. The number of hydrogen-bond donors (Lipinski definition) is 1. The van der Waals surface area contributed by atoms with E-state index in [2.05, 4.69) is 4.74 Å². The van der Waals surface area contributed by atoms with E-state index in [0.717, 1.165) is 18.4 Å². The van der Waals surface area contributed by atoms with E-state index in [9.17, 15) is 23.1 Å². The van der Waals surface area contributed by atoms with Gasteiger partial charge in [-0.15, -0.1) is 13.2 Å². The number of hydrogen-bond acceptors (Lipinski definition) is 4. The summed E-state index contributed by atoms with van der Waals surface area (Å²) in [5.74, 6) is -1.86. The summed E-state index contributed by atoms with van der Waals surface area (Å²) in [4.78, 5) is 11.4. The van der Waals surface area contributed by atoms with Crippen molar-refractivity contribution in [3.8, 4) is 11.5 Å². The molecular formula is C18H13Cl2F3O5. The van der Waals surface area contributed by atoms with Crippen LogP contribution in [0, 0.1) is 0 Å². The van der Waals surface area contributed by atoms with Crippen LogP contribution in [0.3, 0.4) is 0 Å². The SMILES string of the molecule is COC=C(C(=O)O)c1ccccc1COc1cc(Cl)c(OC(F)(F)F)c(Cl)c1. The predicted octanol–water partition coefficient (Wildman–Crippen LogP) is 5.54. The number of carboxylic acids is 1. The van der Waals surface area contributed by atoms with Gasteiger partial charge >= 0.3 is 12.3 Å². The Labute approximate surface area is 167 Å². The maximum Gasteiger partial charge on any atom is 0.573 e. The second-order valence-corrected chi connectivity index (χ2v) is 6.10. The van der Waals surface area contributed by atoms with Crippen LogP contribution in [0.25, 0.3) is 5.57 Å². The molecule has 28 heavy (non-hydrogen) atoms. The van der Waals surface area contributed by atoms with Crippen LogP contribution in [-0.2, 0) is 16.1 Å². The fourth-order valence-electron chi connectivity index (χ4n) is 2.25. The van der Waals surface area contributed by atoms with Crippen LogP contribution in [0.4, 0.5) is 13.2 Å². The third-order valence-corrected chi connectivity index (χ3v) is 3.92. The molecule has 0 fully saturated rings. The highest BCUT2D eigenvalue weighted by Gasteiger charge is 2.33. The van der Waals surface area contributed by atoms with E-state index in [1.807, 2.05) is 0 Å². The van der Waals surface area contributed by atoms with E-state index >= 15 is 0 Å². The maximum atomic E-state index is 12.4. The van der Waals surface area contributed by atoms with Crippen molar-refractivity contribution in [2.75, 3.05) is 7.11 Å². The molecule has 10 heteroatoms. The van der Waals surface area contributed by atoms with Crippen LogP contribution < -0.4 is 9.47 Å². The van der Waals surface area contributed by atoms with E-state index in [4.69, 9.17) is 32.7 Å². The average molecular weight is 437 g/mol. The number of aliphatic carboxylic acids is 1. The second kappa shape index (κ2) is 9.07. The number of ether oxygens (including phenoxy) is 3. The first-order valence-corrected chi connectivity index (χ1v) is 8.30. The molecule has 2 aromatic carbocycles. The van der Waals surface area contributed by atoms with Gasteiger partial charge in [0.1, 0.15) is 17.9 Å². The molecule has 0 heterocycles. The molecular weight excluding hydrogens is 424 g/mol. The molecule has 0 bridgehead atoms. The summed E-state index contributed by atoms with van der Waals surface area (Å²) >= 11 is 11.6. The zero-order chi connectivity index (χ0) is 20.9. The fourth-order valence-corrected chi connectivity index (χ4v) is 2.79. The Morgan fingerprint density at radius 1 is 1.18 bits per heavy atom. The molecule has 0 aliphatic carbocycles. The normalized spacial score (nSPS) is 11.9. The molecule has 0 unspecified atom stereocenters. The predicted molar refractivity (Wildman–Crippen MR) is 96.5 cm³/mol. The van der Waals surface area contributed by atoms with Crippen molar-refractivity contribution in [2.24, 2.45) is 0 Å². The van der Waals surface area contributed by atoms with Gasteiger partial charge in [-0.2, -0.15) is 0 Å². The lowest BCUT2D eigenvalue weighted by Crippen LogP contribution is -2.17. The van der Waals surface area contributed by atoms with E-state index in [1.54, 1.807) is 24.3 Å². The Bertz CT molecular complexity index is 874. The molecule has 0 spiro atoms. The van der Waals surface area contributed by atoms with Gasteiger partial charge in [-0.05, 0) is 11.1 Å². The molecule has 0 aliphatic heterocycles. The van der Waals surface area contributed by atoms with Gasteiger partial charge in [0, 0.05) is 12.1 Å². The van der Waals surface area contributed by atoms with Crippen LogP contribution in [0.15, 0.2) is 42.7 Å². The van der Waals surface area contributed by atoms with E-state index in [1.165, 1.54) is 7.11 Å². The Balaban J connectivity index is 2.26. The first kappa shape index (κ1) is 21.7. The van der Waals surface area contributed by atoms with Crippen LogP contribution >= 0.6 is 23.2 Å². The van der Waals surface area contributed by atoms with Crippen molar-refractivity contribution >= 4 is 34.7 Å². The zero-order valence-corrected chi connectivity index (χ0v) is 15.7. The quantitative estimate of drug-likeness (QED) is 0.455. The van der Waals surface area contributed by atoms with Gasteiger partial charge in [-0.25, -0.2) is 4.79 Å². The number of alkyl halides is 3. The summed E-state index contributed by atoms with van der Waals surface area (Å²) in [6.07, 6.45) is -3.87. The molecule has 0 aromatic heterocycles. The summed E-state index contributed by atoms with van der Waals surface area (Å²) in [7, 11) is 1.32. The van der Waals surface area contributed by atoms with Crippen LogP contribution in [0.1, 0.15) is 11.1 Å². The molecule has 0 atom stereocenters. The number of carboxylic acid groups (broad SMARTS) is 1. The zero-order valence-electron chi connectivity index (χ0n) is 14.2. The van der Waals surface area contributed by atoms with Gasteiger partial charge in [0.25, 0.3) is 0 Å². The standard InChI is InChI=1S/C18H13Cl2F3O5/c1-26-9-13(17(24)25)12-5-3-2-4-10(12)8-27-11-6-14(19)16(15(20)7-11)28-18(21,22)23/h2-7,9H,8H2,1H3,(H,24,25). The molecule has 0 amide bonds. The molecule has 0 saturated carbocycles. The first-order chi connectivity index (χ1) is 13.1. The first-order valence-electron chi connectivity index (χ1n) is 7.54. The molecule has 0 radical (unpaired) electrons. The lowest BCUT2D eigenvalue weighted by atomic mass is 10.0. The smallest absolute Gasteiger partial charge is 0.503 e. The highest BCUT2D eigenvalue weighted by molar-refractivity contribution is 6.37. The van der Waals surface area contributed by atoms with E-state index in [0.29, 0.717) is 11.1 Å². The third-order valence-electron chi connectivity index (χ3n) is 3.36. The van der Waals surface area contributed by atoms with E-state index < -0.39 is 28.1 Å². The monoisotopic (exact) mass is 436 g/mol. The maximum absolute atomic E-state index is 12.4. The topological polar surface area (TPSA) is 65.0 Å². The summed E-state index contributed by atoms with van der Waals surface area (Å²) in [6, 6.07) is 8.74. The van der Waals surface area contributed by atoms with Gasteiger partial charge in [0.15, 0.2) is 5.75 Å². The minimum atomic E-state index is -4.95. The van der Waals surface area contributed by atoms with Crippen molar-refractivity contribution < 1.29 is 37.3 Å². The van der Waals surface area contributed by atoms with Crippen molar-refractivity contribution in [3.63, 3.8) is 0 Å². The van der Waals surface area contributed by atoms with Crippen molar-refractivity contribution in [1.82, 2.24) is 0 Å². The Hall–Kier alpha value is -2.58. The number of halogens is 5. The molecule has 0 aliphatic rings. The summed E-state index contributed by atoms with van der Waals surface area (Å²) in [5.41, 5.74) is 0.758. The van der Waals surface area contributed by atoms with Crippen molar-refractivity contribution in [3.05, 3.63) is 63.8 Å². The summed E-state index contributed by atoms with van der Waals surface area (Å²) in [5, 5.41) is 8.55.